The normalized spacial score (nSPS) is 15.3. The number of methoxy groups -OCH3 is 2. The topological polar surface area (TPSA) is 77.1 Å². The number of rotatable bonds is 11. The molecule has 1 aliphatic heterocycles. The molecule has 1 saturated heterocycles. The van der Waals surface area contributed by atoms with Crippen molar-refractivity contribution in [2.75, 3.05) is 51.9 Å². The van der Waals surface area contributed by atoms with Gasteiger partial charge < -0.3 is 24.4 Å². The van der Waals surface area contributed by atoms with Gasteiger partial charge >= 0.3 is 0 Å². The van der Waals surface area contributed by atoms with Gasteiger partial charge in [-0.15, -0.1) is 0 Å². The third-order valence-electron chi connectivity index (χ3n) is 6.85. The molecule has 1 aliphatic rings. The SMILES string of the molecule is COc1cc(OCc2cccc(-c3ccccc3)c2C)cc(OC)c1CNCCN1CCS(=O)(=O)CC1. The van der Waals surface area contributed by atoms with Crippen LogP contribution in [-0.4, -0.2) is 65.2 Å². The van der Waals surface area contributed by atoms with Gasteiger partial charge in [-0.1, -0.05) is 48.5 Å². The lowest BCUT2D eigenvalue weighted by atomic mass is 9.97. The van der Waals surface area contributed by atoms with Crippen LogP contribution in [0.1, 0.15) is 16.7 Å². The lowest BCUT2D eigenvalue weighted by Gasteiger charge is -2.26. The van der Waals surface area contributed by atoms with Crippen molar-refractivity contribution in [3.8, 4) is 28.4 Å². The summed E-state index contributed by atoms with van der Waals surface area (Å²) in [6, 6.07) is 20.4. The van der Waals surface area contributed by atoms with Crippen LogP contribution >= 0.6 is 0 Å². The fraction of sp³-hybridized carbons (Fsp3) is 0.379. The van der Waals surface area contributed by atoms with Gasteiger partial charge in [-0.2, -0.15) is 0 Å². The minimum absolute atomic E-state index is 0.242. The van der Waals surface area contributed by atoms with Gasteiger partial charge in [0.25, 0.3) is 0 Å². The highest BCUT2D eigenvalue weighted by molar-refractivity contribution is 7.91. The third kappa shape index (κ3) is 7.03. The summed E-state index contributed by atoms with van der Waals surface area (Å²) in [5.41, 5.74) is 5.62. The second-order valence-corrected chi connectivity index (χ2v) is 11.5. The van der Waals surface area contributed by atoms with Crippen LogP contribution in [0.3, 0.4) is 0 Å². The molecule has 0 amide bonds. The highest BCUT2D eigenvalue weighted by Crippen LogP contribution is 2.35. The summed E-state index contributed by atoms with van der Waals surface area (Å²) in [5.74, 6) is 2.55. The molecule has 37 heavy (non-hydrogen) atoms. The fourth-order valence-corrected chi connectivity index (χ4v) is 5.85. The predicted molar refractivity (Wildman–Crippen MR) is 147 cm³/mol. The molecule has 0 aromatic heterocycles. The average Bonchev–Trinajstić information content (AvgIpc) is 2.91. The Bertz CT molecular complexity index is 1260. The van der Waals surface area contributed by atoms with Crippen LogP contribution in [0.15, 0.2) is 60.7 Å². The first-order chi connectivity index (χ1) is 17.9. The van der Waals surface area contributed by atoms with E-state index in [-0.39, 0.29) is 11.5 Å². The largest absolute Gasteiger partial charge is 0.496 e. The zero-order valence-electron chi connectivity index (χ0n) is 21.8. The van der Waals surface area contributed by atoms with E-state index in [0.29, 0.717) is 43.5 Å². The quantitative estimate of drug-likeness (QED) is 0.379. The number of benzene rings is 3. The molecule has 1 heterocycles. The standard InChI is InChI=1S/C29H36N2O5S/c1-22-24(10-7-11-26(22)23-8-5-4-6-9-23)21-36-25-18-28(34-2)27(29(19-25)35-3)20-30-12-13-31-14-16-37(32,33)17-15-31/h4-11,18-19,30H,12-17,20-21H2,1-3H3. The summed E-state index contributed by atoms with van der Waals surface area (Å²) < 4.78 is 40.8. The van der Waals surface area contributed by atoms with Crippen LogP contribution in [0.4, 0.5) is 0 Å². The zero-order chi connectivity index (χ0) is 26.3. The van der Waals surface area contributed by atoms with Crippen molar-refractivity contribution in [1.82, 2.24) is 10.2 Å². The molecule has 1 fully saturated rings. The van der Waals surface area contributed by atoms with E-state index in [1.54, 1.807) is 14.2 Å². The smallest absolute Gasteiger partial charge is 0.152 e. The Labute approximate surface area is 220 Å². The molecule has 7 nitrogen and oxygen atoms in total. The van der Waals surface area contributed by atoms with Crippen LogP contribution < -0.4 is 19.5 Å². The van der Waals surface area contributed by atoms with Gasteiger partial charge in [-0.25, -0.2) is 8.42 Å². The predicted octanol–water partition coefficient (Wildman–Crippen LogP) is 4.08. The monoisotopic (exact) mass is 524 g/mol. The van der Waals surface area contributed by atoms with Gasteiger partial charge in [-0.3, -0.25) is 0 Å². The van der Waals surface area contributed by atoms with Crippen LogP contribution in [0.25, 0.3) is 11.1 Å². The molecule has 0 spiro atoms. The van der Waals surface area contributed by atoms with Gasteiger partial charge in [0, 0.05) is 44.9 Å². The zero-order valence-corrected chi connectivity index (χ0v) is 22.6. The maximum atomic E-state index is 11.6. The Kier molecular flexibility index (Phi) is 9.08. The number of nitrogens with zero attached hydrogens (tertiary/aromatic N) is 1. The summed E-state index contributed by atoms with van der Waals surface area (Å²) in [7, 11) is 0.427. The number of nitrogens with one attached hydrogen (secondary N) is 1. The highest BCUT2D eigenvalue weighted by Gasteiger charge is 2.21. The van der Waals surface area contributed by atoms with E-state index < -0.39 is 9.84 Å². The second kappa shape index (κ2) is 12.4. The number of hydrogen-bond donors (Lipinski definition) is 1. The van der Waals surface area contributed by atoms with Gasteiger partial charge in [0.2, 0.25) is 0 Å². The van der Waals surface area contributed by atoms with Crippen LogP contribution in [-0.2, 0) is 23.0 Å². The van der Waals surface area contributed by atoms with Gasteiger partial charge in [0.05, 0.1) is 31.3 Å². The Morgan fingerprint density at radius 2 is 1.59 bits per heavy atom. The van der Waals surface area contributed by atoms with Crippen molar-refractivity contribution in [2.45, 2.75) is 20.1 Å². The third-order valence-corrected chi connectivity index (χ3v) is 8.46. The van der Waals surface area contributed by atoms with Crippen molar-refractivity contribution in [3.05, 3.63) is 77.4 Å². The van der Waals surface area contributed by atoms with E-state index in [2.05, 4.69) is 47.5 Å². The Hall–Kier alpha value is -3.07. The van der Waals surface area contributed by atoms with Crippen molar-refractivity contribution in [3.63, 3.8) is 0 Å². The molecule has 8 heteroatoms. The lowest BCUT2D eigenvalue weighted by molar-refractivity contribution is 0.292. The van der Waals surface area contributed by atoms with Crippen molar-refractivity contribution >= 4 is 9.84 Å². The van der Waals surface area contributed by atoms with Crippen molar-refractivity contribution in [1.29, 1.82) is 0 Å². The molecule has 4 rings (SSSR count). The lowest BCUT2D eigenvalue weighted by Crippen LogP contribution is -2.43. The van der Waals surface area contributed by atoms with E-state index in [4.69, 9.17) is 14.2 Å². The summed E-state index contributed by atoms with van der Waals surface area (Å²) in [6.45, 7) is 5.84. The molecule has 3 aromatic carbocycles. The molecule has 1 N–H and O–H groups in total. The van der Waals surface area contributed by atoms with Gasteiger partial charge in [0.15, 0.2) is 9.84 Å². The summed E-state index contributed by atoms with van der Waals surface area (Å²) in [5, 5.41) is 3.43. The Balaban J connectivity index is 1.39. The van der Waals surface area contributed by atoms with E-state index in [0.717, 1.165) is 24.2 Å². The van der Waals surface area contributed by atoms with Crippen molar-refractivity contribution < 1.29 is 22.6 Å². The minimum Gasteiger partial charge on any atom is -0.496 e. The molecular weight excluding hydrogens is 488 g/mol. The first kappa shape index (κ1) is 27.0. The molecule has 0 unspecified atom stereocenters. The molecule has 198 valence electrons. The van der Waals surface area contributed by atoms with E-state index in [9.17, 15) is 8.42 Å². The fourth-order valence-electron chi connectivity index (χ4n) is 4.57. The molecule has 0 bridgehead atoms. The van der Waals surface area contributed by atoms with Crippen LogP contribution in [0.2, 0.25) is 0 Å². The molecule has 0 radical (unpaired) electrons. The van der Waals surface area contributed by atoms with E-state index >= 15 is 0 Å². The summed E-state index contributed by atoms with van der Waals surface area (Å²) in [4.78, 5) is 2.17. The first-order valence-corrected chi connectivity index (χ1v) is 14.4. The van der Waals surface area contributed by atoms with Gasteiger partial charge in [0.1, 0.15) is 23.9 Å². The summed E-state index contributed by atoms with van der Waals surface area (Å²) >= 11 is 0. The average molecular weight is 525 g/mol. The minimum atomic E-state index is -2.86. The van der Waals surface area contributed by atoms with Crippen molar-refractivity contribution in [2.24, 2.45) is 0 Å². The number of ether oxygens (including phenoxy) is 3. The molecule has 0 saturated carbocycles. The second-order valence-electron chi connectivity index (χ2n) is 9.22. The molecule has 3 aromatic rings. The van der Waals surface area contributed by atoms with E-state index in [1.165, 1.54) is 16.7 Å². The van der Waals surface area contributed by atoms with E-state index in [1.807, 2.05) is 30.3 Å². The Morgan fingerprint density at radius 1 is 0.919 bits per heavy atom. The van der Waals surface area contributed by atoms with Gasteiger partial charge in [-0.05, 0) is 29.2 Å². The molecule has 0 atom stereocenters. The van der Waals surface area contributed by atoms with Crippen LogP contribution in [0.5, 0.6) is 17.2 Å². The number of sulfone groups is 1. The maximum absolute atomic E-state index is 11.6. The number of hydrogen-bond acceptors (Lipinski definition) is 7. The van der Waals surface area contributed by atoms with Crippen LogP contribution in [0, 0.1) is 6.92 Å². The molecular formula is C29H36N2O5S. The first-order valence-electron chi connectivity index (χ1n) is 12.6. The Morgan fingerprint density at radius 3 is 2.24 bits per heavy atom. The summed E-state index contributed by atoms with van der Waals surface area (Å²) in [6.07, 6.45) is 0. The maximum Gasteiger partial charge on any atom is 0.152 e. The molecule has 0 aliphatic carbocycles. The highest BCUT2D eigenvalue weighted by atomic mass is 32.2.